The molecule has 0 aliphatic heterocycles. The molecule has 2 aromatic carbocycles. The summed E-state index contributed by atoms with van der Waals surface area (Å²) in [5.41, 5.74) is 0.887. The van der Waals surface area contributed by atoms with Crippen molar-refractivity contribution in [2.75, 3.05) is 23.4 Å². The number of nitro benzene ring substituents is 1. The molecule has 0 amide bonds. The van der Waals surface area contributed by atoms with E-state index < -0.39 is 15.7 Å². The van der Waals surface area contributed by atoms with E-state index in [0.29, 0.717) is 29.3 Å². The van der Waals surface area contributed by atoms with Crippen molar-refractivity contribution in [2.24, 2.45) is 0 Å². The van der Waals surface area contributed by atoms with Crippen molar-refractivity contribution in [3.63, 3.8) is 0 Å². The first-order valence-electron chi connectivity index (χ1n) is 7.50. The third-order valence-corrected chi connectivity index (χ3v) is 4.76. The summed E-state index contributed by atoms with van der Waals surface area (Å²) < 4.78 is 11.4. The van der Waals surface area contributed by atoms with Crippen LogP contribution in [-0.2, 0) is 10.8 Å². The number of nitrogens with one attached hydrogen (secondary N) is 1. The van der Waals surface area contributed by atoms with Crippen molar-refractivity contribution in [3.05, 3.63) is 69.8 Å². The zero-order valence-corrected chi connectivity index (χ0v) is 14.0. The zero-order valence-electron chi connectivity index (χ0n) is 13.2. The van der Waals surface area contributed by atoms with Gasteiger partial charge >= 0.3 is 0 Å². The quantitative estimate of drug-likeness (QED) is 0.451. The van der Waals surface area contributed by atoms with Crippen molar-refractivity contribution >= 4 is 28.0 Å². The standard InChI is InChI=1S/C17H18N2O4S/c1-2-24(23)11-10-18-15-9-8-14(12-16(15)19(21)22)17(20)13-6-4-3-5-7-13/h3-9,12,18H,2,10-11H2,1H3/t24-/m0/s1. The smallest absolute Gasteiger partial charge is 0.293 e. The Morgan fingerprint density at radius 3 is 2.50 bits per heavy atom. The molecule has 0 fully saturated rings. The van der Waals surface area contributed by atoms with Crippen LogP contribution >= 0.6 is 0 Å². The number of hydrogen-bond donors (Lipinski definition) is 1. The lowest BCUT2D eigenvalue weighted by Crippen LogP contribution is -2.13. The number of rotatable bonds is 8. The molecule has 0 aliphatic rings. The number of nitro groups is 1. The molecule has 24 heavy (non-hydrogen) atoms. The Hall–Kier alpha value is -2.54. The molecule has 1 atom stereocenters. The molecule has 6 nitrogen and oxygen atoms in total. The lowest BCUT2D eigenvalue weighted by atomic mass is 10.0. The van der Waals surface area contributed by atoms with Gasteiger partial charge in [-0.1, -0.05) is 37.3 Å². The molecule has 0 saturated heterocycles. The molecule has 0 bridgehead atoms. The number of benzene rings is 2. The molecular formula is C17H18N2O4S. The van der Waals surface area contributed by atoms with E-state index >= 15 is 0 Å². The summed E-state index contributed by atoms with van der Waals surface area (Å²) in [6.45, 7) is 2.19. The van der Waals surface area contributed by atoms with Crippen LogP contribution in [0.25, 0.3) is 0 Å². The SMILES string of the molecule is CC[S@](=O)CCNc1ccc(C(=O)c2ccccc2)cc1[N+](=O)[O-]. The lowest BCUT2D eigenvalue weighted by molar-refractivity contribution is -0.384. The fourth-order valence-corrected chi connectivity index (χ4v) is 2.79. The molecule has 0 saturated carbocycles. The van der Waals surface area contributed by atoms with Crippen molar-refractivity contribution in [1.29, 1.82) is 0 Å². The van der Waals surface area contributed by atoms with Gasteiger partial charge in [0.15, 0.2) is 5.78 Å². The molecule has 2 rings (SSSR count). The molecule has 0 spiro atoms. The zero-order chi connectivity index (χ0) is 17.5. The molecule has 7 heteroatoms. The maximum absolute atomic E-state index is 12.4. The van der Waals surface area contributed by atoms with Crippen LogP contribution in [0.4, 0.5) is 11.4 Å². The van der Waals surface area contributed by atoms with Gasteiger partial charge in [-0.3, -0.25) is 19.1 Å². The highest BCUT2D eigenvalue weighted by Gasteiger charge is 2.18. The van der Waals surface area contributed by atoms with E-state index in [4.69, 9.17) is 0 Å². The molecular weight excluding hydrogens is 328 g/mol. The second kappa shape index (κ2) is 8.35. The van der Waals surface area contributed by atoms with Gasteiger partial charge in [0, 0.05) is 46.0 Å². The van der Waals surface area contributed by atoms with Gasteiger partial charge < -0.3 is 5.32 Å². The number of hydrogen-bond acceptors (Lipinski definition) is 5. The number of carbonyl (C=O) groups excluding carboxylic acids is 1. The molecule has 0 aliphatic carbocycles. The molecule has 1 N–H and O–H groups in total. The minimum absolute atomic E-state index is 0.168. The largest absolute Gasteiger partial charge is 0.379 e. The minimum Gasteiger partial charge on any atom is -0.379 e. The Bertz CT molecular complexity index is 762. The average Bonchev–Trinajstić information content (AvgIpc) is 2.61. The third kappa shape index (κ3) is 4.48. The van der Waals surface area contributed by atoms with E-state index in [0.717, 1.165) is 0 Å². The Balaban J connectivity index is 2.22. The average molecular weight is 346 g/mol. The first-order chi connectivity index (χ1) is 11.5. The van der Waals surface area contributed by atoms with Crippen LogP contribution in [0.3, 0.4) is 0 Å². The van der Waals surface area contributed by atoms with Crippen LogP contribution in [0.15, 0.2) is 48.5 Å². The van der Waals surface area contributed by atoms with E-state index in [1.54, 1.807) is 36.4 Å². The van der Waals surface area contributed by atoms with E-state index in [2.05, 4.69) is 5.32 Å². The van der Waals surface area contributed by atoms with E-state index in [9.17, 15) is 19.1 Å². The van der Waals surface area contributed by atoms with E-state index in [1.165, 1.54) is 12.1 Å². The van der Waals surface area contributed by atoms with Crippen LogP contribution in [0.5, 0.6) is 0 Å². The van der Waals surface area contributed by atoms with Crippen LogP contribution < -0.4 is 5.32 Å². The summed E-state index contributed by atoms with van der Waals surface area (Å²) in [5, 5.41) is 14.2. The molecule has 0 radical (unpaired) electrons. The number of carbonyl (C=O) groups is 1. The second-order valence-electron chi connectivity index (χ2n) is 5.04. The van der Waals surface area contributed by atoms with Gasteiger partial charge in [0.1, 0.15) is 5.69 Å². The van der Waals surface area contributed by atoms with Gasteiger partial charge in [0.05, 0.1) is 4.92 Å². The van der Waals surface area contributed by atoms with Gasteiger partial charge in [-0.2, -0.15) is 0 Å². The summed E-state index contributed by atoms with van der Waals surface area (Å²) in [6.07, 6.45) is 0. The second-order valence-corrected chi connectivity index (χ2v) is 6.91. The molecule has 126 valence electrons. The predicted octanol–water partition coefficient (Wildman–Crippen LogP) is 3.01. The van der Waals surface area contributed by atoms with E-state index in [-0.39, 0.29) is 17.0 Å². The Morgan fingerprint density at radius 2 is 1.88 bits per heavy atom. The van der Waals surface area contributed by atoms with Crippen molar-refractivity contribution in [3.8, 4) is 0 Å². The highest BCUT2D eigenvalue weighted by Crippen LogP contribution is 2.26. The van der Waals surface area contributed by atoms with Crippen molar-refractivity contribution in [1.82, 2.24) is 0 Å². The molecule has 2 aromatic rings. The first kappa shape index (κ1) is 17.8. The highest BCUT2D eigenvalue weighted by atomic mass is 32.2. The van der Waals surface area contributed by atoms with Gasteiger partial charge in [-0.15, -0.1) is 0 Å². The normalized spacial score (nSPS) is 11.7. The van der Waals surface area contributed by atoms with Gasteiger partial charge in [-0.25, -0.2) is 0 Å². The Kier molecular flexibility index (Phi) is 6.20. The summed E-state index contributed by atoms with van der Waals surface area (Å²) in [4.78, 5) is 23.1. The number of nitrogens with zero attached hydrogens (tertiary/aromatic N) is 1. The number of ketones is 1. The highest BCUT2D eigenvalue weighted by molar-refractivity contribution is 7.84. The van der Waals surface area contributed by atoms with Crippen LogP contribution in [0, 0.1) is 10.1 Å². The lowest BCUT2D eigenvalue weighted by Gasteiger charge is -2.08. The van der Waals surface area contributed by atoms with Crippen LogP contribution in [-0.4, -0.2) is 33.0 Å². The van der Waals surface area contributed by atoms with Crippen molar-refractivity contribution in [2.45, 2.75) is 6.92 Å². The fraction of sp³-hybridized carbons (Fsp3) is 0.235. The Morgan fingerprint density at radius 1 is 1.17 bits per heavy atom. The van der Waals surface area contributed by atoms with Crippen LogP contribution in [0.2, 0.25) is 0 Å². The first-order valence-corrected chi connectivity index (χ1v) is 8.98. The fourth-order valence-electron chi connectivity index (χ4n) is 2.17. The summed E-state index contributed by atoms with van der Waals surface area (Å²) in [6, 6.07) is 13.0. The van der Waals surface area contributed by atoms with Gasteiger partial charge in [0.25, 0.3) is 5.69 Å². The summed E-state index contributed by atoms with van der Waals surface area (Å²) in [5.74, 6) is 0.699. The molecule has 0 heterocycles. The monoisotopic (exact) mass is 346 g/mol. The molecule has 0 aromatic heterocycles. The van der Waals surface area contributed by atoms with Crippen molar-refractivity contribution < 1.29 is 13.9 Å². The van der Waals surface area contributed by atoms with E-state index in [1.807, 2.05) is 6.92 Å². The predicted molar refractivity (Wildman–Crippen MR) is 95.0 cm³/mol. The summed E-state index contributed by atoms with van der Waals surface area (Å²) in [7, 11) is -0.941. The maximum Gasteiger partial charge on any atom is 0.293 e. The summed E-state index contributed by atoms with van der Waals surface area (Å²) >= 11 is 0. The third-order valence-electron chi connectivity index (χ3n) is 3.46. The molecule has 0 unspecified atom stereocenters. The number of anilines is 1. The Labute approximate surface area is 142 Å². The van der Waals surface area contributed by atoms with Gasteiger partial charge in [-0.05, 0) is 12.1 Å². The van der Waals surface area contributed by atoms with Crippen LogP contribution in [0.1, 0.15) is 22.8 Å². The minimum atomic E-state index is -0.941. The topological polar surface area (TPSA) is 89.3 Å². The van der Waals surface area contributed by atoms with Gasteiger partial charge in [0.2, 0.25) is 0 Å². The maximum atomic E-state index is 12.4.